The Morgan fingerprint density at radius 2 is 1.81 bits per heavy atom. The number of aryl methyl sites for hydroxylation is 1. The van der Waals surface area contributed by atoms with Gasteiger partial charge in [0.15, 0.2) is 0 Å². The zero-order valence-electron chi connectivity index (χ0n) is 16.3. The maximum atomic E-state index is 12.5. The first kappa shape index (κ1) is 21.3. The van der Waals surface area contributed by atoms with Gasteiger partial charge in [0.05, 0.1) is 4.90 Å². The number of piperazine rings is 1. The number of rotatable bonds is 6. The Labute approximate surface area is 161 Å². The lowest BCUT2D eigenvalue weighted by atomic mass is 10.1. The molecule has 1 aliphatic heterocycles. The van der Waals surface area contributed by atoms with E-state index in [2.05, 4.69) is 5.32 Å². The normalized spacial score (nSPS) is 18.6. The summed E-state index contributed by atoms with van der Waals surface area (Å²) >= 11 is 0. The molecule has 2 amide bonds. The Bertz CT molecular complexity index is 777. The van der Waals surface area contributed by atoms with E-state index in [9.17, 15) is 18.0 Å². The molecule has 2 rings (SSSR count). The van der Waals surface area contributed by atoms with Crippen molar-refractivity contribution in [3.63, 3.8) is 0 Å². The second-order valence-electron chi connectivity index (χ2n) is 6.88. The molecular formula is C18H28N4O4S. The van der Waals surface area contributed by atoms with Crippen LogP contribution < -0.4 is 5.32 Å². The summed E-state index contributed by atoms with van der Waals surface area (Å²) < 4.78 is 25.3. The number of nitrogens with zero attached hydrogens (tertiary/aromatic N) is 3. The fourth-order valence-electron chi connectivity index (χ4n) is 3.00. The van der Waals surface area contributed by atoms with Crippen LogP contribution in [0, 0.1) is 0 Å². The van der Waals surface area contributed by atoms with E-state index in [1.165, 1.54) is 18.4 Å². The van der Waals surface area contributed by atoms with Crippen LogP contribution >= 0.6 is 0 Å². The van der Waals surface area contributed by atoms with Crippen LogP contribution in [-0.2, 0) is 26.0 Å². The summed E-state index contributed by atoms with van der Waals surface area (Å²) in [6.07, 6.45) is 0.849. The lowest BCUT2D eigenvalue weighted by molar-refractivity contribution is -0.137. The van der Waals surface area contributed by atoms with Gasteiger partial charge in [0.2, 0.25) is 21.8 Å². The van der Waals surface area contributed by atoms with Crippen molar-refractivity contribution in [2.45, 2.75) is 23.8 Å². The molecule has 0 saturated carbocycles. The largest absolute Gasteiger partial charge is 0.358 e. The van der Waals surface area contributed by atoms with Gasteiger partial charge in [-0.1, -0.05) is 12.1 Å². The van der Waals surface area contributed by atoms with Crippen molar-refractivity contribution in [3.8, 4) is 0 Å². The molecule has 9 heteroatoms. The third-order valence-electron chi connectivity index (χ3n) is 4.88. The molecule has 150 valence electrons. The fourth-order valence-corrected chi connectivity index (χ4v) is 3.90. The molecule has 1 fully saturated rings. The van der Waals surface area contributed by atoms with Crippen molar-refractivity contribution in [2.75, 3.05) is 47.8 Å². The van der Waals surface area contributed by atoms with Crippen LogP contribution in [0.5, 0.6) is 0 Å². The smallest absolute Gasteiger partial charge is 0.242 e. The first-order valence-corrected chi connectivity index (χ1v) is 10.3. The number of sulfonamides is 1. The molecule has 1 aromatic rings. The van der Waals surface area contributed by atoms with Crippen molar-refractivity contribution in [1.29, 1.82) is 0 Å². The molecule has 0 spiro atoms. The van der Waals surface area contributed by atoms with E-state index in [1.807, 2.05) is 11.9 Å². The number of hydrogen-bond donors (Lipinski definition) is 1. The Balaban J connectivity index is 1.94. The molecule has 0 bridgehead atoms. The highest BCUT2D eigenvalue weighted by atomic mass is 32.2. The zero-order chi connectivity index (χ0) is 20.2. The minimum absolute atomic E-state index is 0.00185. The van der Waals surface area contributed by atoms with Crippen LogP contribution in [0.25, 0.3) is 0 Å². The number of nitrogens with one attached hydrogen (secondary N) is 1. The Morgan fingerprint density at radius 1 is 1.19 bits per heavy atom. The molecule has 0 aromatic heterocycles. The van der Waals surface area contributed by atoms with Gasteiger partial charge in [0, 0.05) is 47.2 Å². The Hall–Kier alpha value is -1.97. The summed E-state index contributed by atoms with van der Waals surface area (Å²) in [5, 5.41) is 2.64. The van der Waals surface area contributed by atoms with Crippen LogP contribution in [-0.4, -0.2) is 88.2 Å². The van der Waals surface area contributed by atoms with E-state index < -0.39 is 10.0 Å². The fraction of sp³-hybridized carbons (Fsp3) is 0.556. The summed E-state index contributed by atoms with van der Waals surface area (Å²) in [6.45, 7) is 1.64. The van der Waals surface area contributed by atoms with Gasteiger partial charge >= 0.3 is 0 Å². The van der Waals surface area contributed by atoms with Crippen molar-refractivity contribution in [3.05, 3.63) is 29.8 Å². The predicted molar refractivity (Wildman–Crippen MR) is 103 cm³/mol. The Morgan fingerprint density at radius 3 is 2.37 bits per heavy atom. The summed E-state index contributed by atoms with van der Waals surface area (Å²) in [7, 11) is 3.01. The molecule has 1 saturated heterocycles. The molecule has 1 unspecified atom stereocenters. The van der Waals surface area contributed by atoms with E-state index in [0.29, 0.717) is 32.5 Å². The first-order valence-electron chi connectivity index (χ1n) is 8.88. The van der Waals surface area contributed by atoms with E-state index in [4.69, 9.17) is 0 Å². The highest BCUT2D eigenvalue weighted by Gasteiger charge is 2.31. The van der Waals surface area contributed by atoms with E-state index in [-0.39, 0.29) is 22.8 Å². The van der Waals surface area contributed by atoms with Crippen LogP contribution in [0.2, 0.25) is 0 Å². The van der Waals surface area contributed by atoms with E-state index in [1.54, 1.807) is 36.2 Å². The number of carbonyl (C=O) groups excluding carboxylic acids is 2. The van der Waals surface area contributed by atoms with Crippen molar-refractivity contribution >= 4 is 21.8 Å². The van der Waals surface area contributed by atoms with Gasteiger partial charge in [-0.05, 0) is 31.2 Å². The molecule has 1 aliphatic rings. The van der Waals surface area contributed by atoms with Crippen LogP contribution in [0.15, 0.2) is 29.2 Å². The number of carbonyl (C=O) groups is 2. The molecule has 1 N–H and O–H groups in total. The van der Waals surface area contributed by atoms with Gasteiger partial charge in [-0.15, -0.1) is 0 Å². The number of likely N-dealkylation sites (N-methyl/N-ethyl adjacent to an activating group) is 2. The molecule has 27 heavy (non-hydrogen) atoms. The second kappa shape index (κ2) is 8.81. The van der Waals surface area contributed by atoms with Crippen molar-refractivity contribution in [2.24, 2.45) is 0 Å². The van der Waals surface area contributed by atoms with Crippen LogP contribution in [0.4, 0.5) is 0 Å². The quantitative estimate of drug-likeness (QED) is 0.717. The topological polar surface area (TPSA) is 90.0 Å². The maximum Gasteiger partial charge on any atom is 0.242 e. The Kier molecular flexibility index (Phi) is 6.96. The van der Waals surface area contributed by atoms with Gasteiger partial charge in [-0.25, -0.2) is 12.7 Å². The lowest BCUT2D eigenvalue weighted by Crippen LogP contribution is -2.58. The minimum atomic E-state index is -3.45. The molecule has 0 radical (unpaired) electrons. The summed E-state index contributed by atoms with van der Waals surface area (Å²) in [6, 6.07) is 6.27. The average molecular weight is 397 g/mol. The molecule has 1 aromatic carbocycles. The molecular weight excluding hydrogens is 368 g/mol. The molecule has 0 aliphatic carbocycles. The van der Waals surface area contributed by atoms with Crippen LogP contribution in [0.1, 0.15) is 12.0 Å². The zero-order valence-corrected chi connectivity index (χ0v) is 17.1. The van der Waals surface area contributed by atoms with Crippen molar-refractivity contribution in [1.82, 2.24) is 19.4 Å². The van der Waals surface area contributed by atoms with Gasteiger partial charge in [-0.3, -0.25) is 14.5 Å². The minimum Gasteiger partial charge on any atom is -0.358 e. The standard InChI is InChI=1S/C18H28N4O4S/c1-19-18(24)16-13-22(12-11-21(16)4)17(23)10-7-14-5-8-15(9-6-14)27(25,26)20(2)3/h5-6,8-9,16H,7,10-13H2,1-4H3,(H,19,24). The van der Waals surface area contributed by atoms with Gasteiger partial charge in [-0.2, -0.15) is 0 Å². The third-order valence-corrected chi connectivity index (χ3v) is 6.71. The average Bonchev–Trinajstić information content (AvgIpc) is 2.66. The predicted octanol–water partition coefficient (Wildman–Crippen LogP) is -0.242. The first-order chi connectivity index (χ1) is 12.7. The summed E-state index contributed by atoms with van der Waals surface area (Å²) in [5.41, 5.74) is 0.901. The number of benzene rings is 1. The molecule has 8 nitrogen and oxygen atoms in total. The maximum absolute atomic E-state index is 12.5. The lowest BCUT2D eigenvalue weighted by Gasteiger charge is -2.38. The van der Waals surface area contributed by atoms with Gasteiger partial charge < -0.3 is 10.2 Å². The molecule has 1 heterocycles. The van der Waals surface area contributed by atoms with E-state index in [0.717, 1.165) is 5.56 Å². The van der Waals surface area contributed by atoms with Crippen molar-refractivity contribution < 1.29 is 18.0 Å². The number of hydrogen-bond acceptors (Lipinski definition) is 5. The van der Waals surface area contributed by atoms with Crippen LogP contribution in [0.3, 0.4) is 0 Å². The summed E-state index contributed by atoms with van der Waals surface area (Å²) in [4.78, 5) is 28.4. The second-order valence-corrected chi connectivity index (χ2v) is 9.03. The highest BCUT2D eigenvalue weighted by Crippen LogP contribution is 2.16. The molecule has 1 atom stereocenters. The third kappa shape index (κ3) is 5.06. The SMILES string of the molecule is CNC(=O)C1CN(C(=O)CCc2ccc(S(=O)(=O)N(C)C)cc2)CCN1C. The number of amides is 2. The van der Waals surface area contributed by atoms with Gasteiger partial charge in [0.1, 0.15) is 6.04 Å². The van der Waals surface area contributed by atoms with E-state index >= 15 is 0 Å². The summed E-state index contributed by atoms with van der Waals surface area (Å²) in [5.74, 6) is -0.0883. The van der Waals surface area contributed by atoms with Gasteiger partial charge in [0.25, 0.3) is 0 Å². The highest BCUT2D eigenvalue weighted by molar-refractivity contribution is 7.89. The monoisotopic (exact) mass is 396 g/mol.